The van der Waals surface area contributed by atoms with Gasteiger partial charge in [0, 0.05) is 6.07 Å². The first-order valence-electron chi connectivity index (χ1n) is 3.41. The number of hydrogen-bond donors (Lipinski definition) is 1. The highest BCUT2D eigenvalue weighted by atomic mass is 19.4. The SMILES string of the molecule is O=C(O)c1cc(C(F)(F)F)n(C(F)F)n1. The van der Waals surface area contributed by atoms with Crippen molar-refractivity contribution in [2.45, 2.75) is 12.7 Å². The molecule has 0 spiro atoms. The second kappa shape index (κ2) is 3.48. The Balaban J connectivity index is 3.30. The van der Waals surface area contributed by atoms with Crippen LogP contribution in [0, 0.1) is 0 Å². The molecule has 15 heavy (non-hydrogen) atoms. The third-order valence-electron chi connectivity index (χ3n) is 1.43. The van der Waals surface area contributed by atoms with E-state index in [0.717, 1.165) is 0 Å². The molecule has 9 heteroatoms. The first kappa shape index (κ1) is 11.4. The Morgan fingerprint density at radius 1 is 1.47 bits per heavy atom. The molecule has 0 amide bonds. The van der Waals surface area contributed by atoms with Gasteiger partial charge in [-0.25, -0.2) is 4.79 Å². The molecule has 0 bridgehead atoms. The highest BCUT2D eigenvalue weighted by Crippen LogP contribution is 2.32. The van der Waals surface area contributed by atoms with Crippen molar-refractivity contribution in [3.8, 4) is 0 Å². The quantitative estimate of drug-likeness (QED) is 0.790. The lowest BCUT2D eigenvalue weighted by atomic mass is 10.3. The van der Waals surface area contributed by atoms with E-state index in [-0.39, 0.29) is 6.07 Å². The number of alkyl halides is 5. The minimum Gasteiger partial charge on any atom is -0.476 e. The van der Waals surface area contributed by atoms with Crippen LogP contribution < -0.4 is 0 Å². The second-order valence-electron chi connectivity index (χ2n) is 2.44. The molecule has 1 N–H and O–H groups in total. The lowest BCUT2D eigenvalue weighted by molar-refractivity contribution is -0.149. The Kier molecular flexibility index (Phi) is 2.65. The number of rotatable bonds is 2. The van der Waals surface area contributed by atoms with Crippen LogP contribution in [0.15, 0.2) is 6.07 Å². The molecule has 0 fully saturated rings. The smallest absolute Gasteiger partial charge is 0.433 e. The van der Waals surface area contributed by atoms with E-state index in [1.807, 2.05) is 0 Å². The number of aromatic carboxylic acids is 1. The maximum atomic E-state index is 12.1. The van der Waals surface area contributed by atoms with Gasteiger partial charge in [-0.2, -0.15) is 31.7 Å². The van der Waals surface area contributed by atoms with Crippen molar-refractivity contribution in [2.75, 3.05) is 0 Å². The van der Waals surface area contributed by atoms with Crippen LogP contribution in [-0.4, -0.2) is 20.9 Å². The van der Waals surface area contributed by atoms with Crippen LogP contribution in [0.4, 0.5) is 22.0 Å². The number of nitrogens with zero attached hydrogens (tertiary/aromatic N) is 2. The second-order valence-corrected chi connectivity index (χ2v) is 2.44. The van der Waals surface area contributed by atoms with E-state index >= 15 is 0 Å². The summed E-state index contributed by atoms with van der Waals surface area (Å²) in [6.07, 6.45) is -5.07. The first-order valence-corrected chi connectivity index (χ1v) is 3.41. The molecule has 0 aliphatic carbocycles. The summed E-state index contributed by atoms with van der Waals surface area (Å²) in [7, 11) is 0. The number of carbonyl (C=O) groups is 1. The van der Waals surface area contributed by atoms with Crippen molar-refractivity contribution in [3.63, 3.8) is 0 Å². The van der Waals surface area contributed by atoms with E-state index < -0.39 is 34.8 Å². The van der Waals surface area contributed by atoms with Crippen LogP contribution >= 0.6 is 0 Å². The molecule has 0 aromatic carbocycles. The van der Waals surface area contributed by atoms with Gasteiger partial charge in [-0.3, -0.25) is 0 Å². The van der Waals surface area contributed by atoms with Crippen LogP contribution in [0.2, 0.25) is 0 Å². The topological polar surface area (TPSA) is 55.1 Å². The molecule has 1 aromatic heterocycles. The maximum Gasteiger partial charge on any atom is 0.433 e. The van der Waals surface area contributed by atoms with E-state index in [0.29, 0.717) is 0 Å². The van der Waals surface area contributed by atoms with Crippen LogP contribution in [-0.2, 0) is 6.18 Å². The maximum absolute atomic E-state index is 12.1. The summed E-state index contributed by atoms with van der Waals surface area (Å²) >= 11 is 0. The summed E-state index contributed by atoms with van der Waals surface area (Å²) in [4.78, 5) is 10.2. The fraction of sp³-hybridized carbons (Fsp3) is 0.333. The van der Waals surface area contributed by atoms with Gasteiger partial charge in [0.2, 0.25) is 0 Å². The third-order valence-corrected chi connectivity index (χ3v) is 1.43. The molecule has 1 heterocycles. The van der Waals surface area contributed by atoms with Crippen molar-refractivity contribution in [2.24, 2.45) is 0 Å². The number of hydrogen-bond acceptors (Lipinski definition) is 2. The third kappa shape index (κ3) is 2.22. The molecule has 84 valence electrons. The van der Waals surface area contributed by atoms with Gasteiger partial charge < -0.3 is 5.11 Å². The highest BCUT2D eigenvalue weighted by Gasteiger charge is 2.38. The standard InChI is InChI=1S/C6H3F5N2O2/c7-5(8)13-3(6(9,10)11)1-2(12-13)4(14)15/h1,5H,(H,14,15). The Labute approximate surface area is 78.9 Å². The fourth-order valence-corrected chi connectivity index (χ4v) is 0.859. The van der Waals surface area contributed by atoms with Crippen LogP contribution in [0.25, 0.3) is 0 Å². The lowest BCUT2D eigenvalue weighted by Gasteiger charge is -2.08. The monoisotopic (exact) mass is 230 g/mol. The Morgan fingerprint density at radius 3 is 2.27 bits per heavy atom. The summed E-state index contributed by atoms with van der Waals surface area (Å²) in [6.45, 7) is -3.55. The molecule has 0 unspecified atom stereocenters. The van der Waals surface area contributed by atoms with E-state index in [1.165, 1.54) is 0 Å². The Bertz CT molecular complexity index is 383. The van der Waals surface area contributed by atoms with Gasteiger partial charge in [-0.05, 0) is 0 Å². The van der Waals surface area contributed by atoms with E-state index in [2.05, 4.69) is 5.10 Å². The predicted molar refractivity (Wildman–Crippen MR) is 35.4 cm³/mol. The van der Waals surface area contributed by atoms with Gasteiger partial charge in [0.15, 0.2) is 5.69 Å². The fourth-order valence-electron chi connectivity index (χ4n) is 0.859. The average Bonchev–Trinajstić information content (AvgIpc) is 2.45. The molecule has 0 saturated carbocycles. The van der Waals surface area contributed by atoms with Gasteiger partial charge in [0.05, 0.1) is 0 Å². The lowest BCUT2D eigenvalue weighted by Crippen LogP contribution is -2.15. The van der Waals surface area contributed by atoms with Crippen molar-refractivity contribution in [1.82, 2.24) is 9.78 Å². The number of halogens is 5. The zero-order chi connectivity index (χ0) is 11.8. The highest BCUT2D eigenvalue weighted by molar-refractivity contribution is 5.85. The van der Waals surface area contributed by atoms with E-state index in [1.54, 1.807) is 0 Å². The van der Waals surface area contributed by atoms with Crippen LogP contribution in [0.5, 0.6) is 0 Å². The molecule has 1 aromatic rings. The molecule has 0 radical (unpaired) electrons. The van der Waals surface area contributed by atoms with Crippen molar-refractivity contribution in [3.05, 3.63) is 17.5 Å². The number of aromatic nitrogens is 2. The van der Waals surface area contributed by atoms with Gasteiger partial charge in [0.1, 0.15) is 5.69 Å². The zero-order valence-corrected chi connectivity index (χ0v) is 6.79. The molecular weight excluding hydrogens is 227 g/mol. The molecule has 0 aliphatic heterocycles. The van der Waals surface area contributed by atoms with Gasteiger partial charge in [-0.15, -0.1) is 0 Å². The minimum absolute atomic E-state index is 0.0501. The summed E-state index contributed by atoms with van der Waals surface area (Å²) in [6, 6.07) is 0.0501. The molecule has 0 atom stereocenters. The molecule has 0 aliphatic rings. The predicted octanol–water partition coefficient (Wildman–Crippen LogP) is 2.00. The van der Waals surface area contributed by atoms with Gasteiger partial charge >= 0.3 is 18.7 Å². The number of carboxylic acids is 1. The number of carboxylic acid groups (broad SMARTS) is 1. The van der Waals surface area contributed by atoms with Crippen molar-refractivity contribution >= 4 is 5.97 Å². The molecule has 0 saturated heterocycles. The Morgan fingerprint density at radius 2 is 2.00 bits per heavy atom. The molecular formula is C6H3F5N2O2. The Hall–Kier alpha value is -1.67. The minimum atomic E-state index is -5.07. The molecule has 1 rings (SSSR count). The van der Waals surface area contributed by atoms with E-state index in [9.17, 15) is 26.7 Å². The summed E-state index contributed by atoms with van der Waals surface area (Å²) < 4.78 is 59.7. The first-order chi connectivity index (χ1) is 6.73. The zero-order valence-electron chi connectivity index (χ0n) is 6.79. The van der Waals surface area contributed by atoms with Gasteiger partial charge in [-0.1, -0.05) is 0 Å². The summed E-state index contributed by atoms with van der Waals surface area (Å²) in [5.41, 5.74) is -2.88. The van der Waals surface area contributed by atoms with Crippen LogP contribution in [0.3, 0.4) is 0 Å². The van der Waals surface area contributed by atoms with E-state index in [4.69, 9.17) is 5.11 Å². The van der Waals surface area contributed by atoms with Gasteiger partial charge in [0.25, 0.3) is 0 Å². The summed E-state index contributed by atoms with van der Waals surface area (Å²) in [5, 5.41) is 10.9. The average molecular weight is 230 g/mol. The summed E-state index contributed by atoms with van der Waals surface area (Å²) in [5.74, 6) is -1.81. The molecule has 4 nitrogen and oxygen atoms in total. The normalized spacial score (nSPS) is 12.1. The van der Waals surface area contributed by atoms with Crippen molar-refractivity contribution in [1.29, 1.82) is 0 Å². The van der Waals surface area contributed by atoms with Crippen molar-refractivity contribution < 1.29 is 31.9 Å². The largest absolute Gasteiger partial charge is 0.476 e. The van der Waals surface area contributed by atoms with Crippen LogP contribution in [0.1, 0.15) is 22.7 Å².